The number of rotatable bonds is 5. The second-order valence-electron chi connectivity index (χ2n) is 6.07. The van der Waals surface area contributed by atoms with E-state index in [0.717, 1.165) is 11.1 Å². The summed E-state index contributed by atoms with van der Waals surface area (Å²) in [4.78, 5) is 16.4. The fraction of sp³-hybridized carbons (Fsp3) is 0.211. The summed E-state index contributed by atoms with van der Waals surface area (Å²) in [7, 11) is 0. The first-order chi connectivity index (χ1) is 12.0. The Kier molecular flexibility index (Phi) is 4.88. The molecule has 0 fully saturated rings. The van der Waals surface area contributed by atoms with Gasteiger partial charge >= 0.3 is 0 Å². The predicted molar refractivity (Wildman–Crippen MR) is 93.8 cm³/mol. The number of H-pyrrole nitrogens is 1. The highest BCUT2D eigenvalue weighted by Gasteiger charge is 2.12. The van der Waals surface area contributed by atoms with Gasteiger partial charge in [0.2, 0.25) is 5.91 Å². The zero-order valence-corrected chi connectivity index (χ0v) is 14.1. The predicted octanol–water partition coefficient (Wildman–Crippen LogP) is 3.33. The molecule has 0 atom stereocenters. The lowest BCUT2D eigenvalue weighted by atomic mass is 10.1. The molecule has 2 N–H and O–H groups in total. The van der Waals surface area contributed by atoms with Gasteiger partial charge in [0.15, 0.2) is 5.82 Å². The number of benzene rings is 2. The fourth-order valence-corrected chi connectivity index (χ4v) is 2.57. The number of halogens is 1. The van der Waals surface area contributed by atoms with Crippen LogP contribution in [0.3, 0.4) is 0 Å². The van der Waals surface area contributed by atoms with Gasteiger partial charge in [0.05, 0.1) is 12.1 Å². The lowest BCUT2D eigenvalue weighted by Gasteiger charge is -2.05. The molecule has 0 radical (unpaired) electrons. The van der Waals surface area contributed by atoms with E-state index >= 15 is 0 Å². The third-order valence-electron chi connectivity index (χ3n) is 3.75. The summed E-state index contributed by atoms with van der Waals surface area (Å²) in [6.45, 7) is 3.82. The second kappa shape index (κ2) is 7.25. The number of carbonyl (C=O) groups excluding carboxylic acids is 1. The summed E-state index contributed by atoms with van der Waals surface area (Å²) in [5.41, 5.74) is 3.25. The van der Waals surface area contributed by atoms with E-state index in [9.17, 15) is 9.18 Å². The number of carbonyl (C=O) groups is 1. The van der Waals surface area contributed by atoms with Crippen molar-refractivity contribution in [3.8, 4) is 0 Å². The van der Waals surface area contributed by atoms with Crippen LogP contribution in [0.15, 0.2) is 42.5 Å². The van der Waals surface area contributed by atoms with E-state index < -0.39 is 5.82 Å². The highest BCUT2D eigenvalue weighted by atomic mass is 19.1. The minimum absolute atomic E-state index is 0.0162. The summed E-state index contributed by atoms with van der Waals surface area (Å²) in [6, 6.07) is 12.8. The van der Waals surface area contributed by atoms with Crippen LogP contribution < -0.4 is 5.32 Å². The van der Waals surface area contributed by atoms with Crippen LogP contribution in [0.4, 0.5) is 10.1 Å². The number of aryl methyl sites for hydroxylation is 2. The first-order valence-corrected chi connectivity index (χ1v) is 8.01. The Bertz CT molecular complexity index is 904. The molecular weight excluding hydrogens is 319 g/mol. The van der Waals surface area contributed by atoms with Crippen molar-refractivity contribution in [1.29, 1.82) is 0 Å². The van der Waals surface area contributed by atoms with Gasteiger partial charge in [-0.05, 0) is 37.1 Å². The first-order valence-electron chi connectivity index (χ1n) is 8.01. The van der Waals surface area contributed by atoms with Crippen LogP contribution in [0.1, 0.15) is 28.3 Å². The summed E-state index contributed by atoms with van der Waals surface area (Å²) < 4.78 is 13.8. The molecule has 5 nitrogen and oxygen atoms in total. The first kappa shape index (κ1) is 16.8. The van der Waals surface area contributed by atoms with Crippen LogP contribution in [-0.4, -0.2) is 21.1 Å². The third kappa shape index (κ3) is 4.50. The average Bonchev–Trinajstić information content (AvgIpc) is 2.97. The van der Waals surface area contributed by atoms with Crippen molar-refractivity contribution in [2.45, 2.75) is 26.7 Å². The zero-order valence-electron chi connectivity index (χ0n) is 14.1. The highest BCUT2D eigenvalue weighted by Crippen LogP contribution is 2.15. The van der Waals surface area contributed by atoms with E-state index in [-0.39, 0.29) is 18.0 Å². The maximum atomic E-state index is 13.8. The van der Waals surface area contributed by atoms with Gasteiger partial charge < -0.3 is 5.32 Å². The lowest BCUT2D eigenvalue weighted by molar-refractivity contribution is -0.115. The Labute approximate surface area is 145 Å². The number of amides is 1. The van der Waals surface area contributed by atoms with Crippen LogP contribution in [0.5, 0.6) is 0 Å². The summed E-state index contributed by atoms with van der Waals surface area (Å²) in [6.07, 6.45) is 0.598. The molecule has 0 bridgehead atoms. The Morgan fingerprint density at radius 2 is 1.96 bits per heavy atom. The van der Waals surface area contributed by atoms with Crippen LogP contribution >= 0.6 is 0 Å². The third-order valence-corrected chi connectivity index (χ3v) is 3.75. The van der Waals surface area contributed by atoms with Gasteiger partial charge in [-0.25, -0.2) is 9.37 Å². The molecule has 0 spiro atoms. The molecule has 3 rings (SSSR count). The minimum atomic E-state index is -0.455. The van der Waals surface area contributed by atoms with E-state index in [2.05, 4.69) is 26.6 Å². The number of aromatic nitrogens is 3. The number of hydrogen-bond acceptors (Lipinski definition) is 3. The van der Waals surface area contributed by atoms with Crippen molar-refractivity contribution in [2.75, 3.05) is 5.32 Å². The average molecular weight is 338 g/mol. The van der Waals surface area contributed by atoms with Crippen molar-refractivity contribution < 1.29 is 9.18 Å². The molecule has 1 amide bonds. The van der Waals surface area contributed by atoms with E-state index in [1.807, 2.05) is 25.1 Å². The molecule has 3 aromatic rings. The molecule has 0 aliphatic rings. The molecular formula is C19H19FN4O. The van der Waals surface area contributed by atoms with Crippen molar-refractivity contribution in [3.63, 3.8) is 0 Å². The highest BCUT2D eigenvalue weighted by molar-refractivity contribution is 5.91. The molecule has 1 heterocycles. The normalized spacial score (nSPS) is 10.7. The van der Waals surface area contributed by atoms with Gasteiger partial charge in [-0.1, -0.05) is 35.9 Å². The van der Waals surface area contributed by atoms with E-state index in [1.165, 1.54) is 11.6 Å². The molecule has 0 aliphatic heterocycles. The van der Waals surface area contributed by atoms with Gasteiger partial charge in [0, 0.05) is 6.42 Å². The number of nitrogens with one attached hydrogen (secondary N) is 2. The van der Waals surface area contributed by atoms with E-state index in [1.54, 1.807) is 19.1 Å². The van der Waals surface area contributed by atoms with Crippen LogP contribution in [0, 0.1) is 19.7 Å². The topological polar surface area (TPSA) is 70.7 Å². The smallest absolute Gasteiger partial charge is 0.232 e. The Morgan fingerprint density at radius 1 is 1.16 bits per heavy atom. The summed E-state index contributed by atoms with van der Waals surface area (Å²) in [5.74, 6) is 0.259. The van der Waals surface area contributed by atoms with E-state index in [0.29, 0.717) is 18.1 Å². The van der Waals surface area contributed by atoms with Crippen LogP contribution in [0.25, 0.3) is 0 Å². The molecule has 6 heteroatoms. The molecule has 0 unspecified atom stereocenters. The SMILES string of the molecule is Cc1cccc(Cc2nc(CC(=O)Nc3ccc(C)cc3F)n[nH]2)c1. The fourth-order valence-electron chi connectivity index (χ4n) is 2.57. The summed E-state index contributed by atoms with van der Waals surface area (Å²) >= 11 is 0. The molecule has 1 aromatic heterocycles. The van der Waals surface area contributed by atoms with Crippen molar-refractivity contribution in [2.24, 2.45) is 0 Å². The Hall–Kier alpha value is -3.02. The van der Waals surface area contributed by atoms with Crippen LogP contribution in [-0.2, 0) is 17.6 Å². The van der Waals surface area contributed by atoms with E-state index in [4.69, 9.17) is 0 Å². The van der Waals surface area contributed by atoms with Gasteiger partial charge in [0.1, 0.15) is 11.6 Å². The Balaban J connectivity index is 1.61. The van der Waals surface area contributed by atoms with Crippen molar-refractivity contribution in [3.05, 3.63) is 76.6 Å². The van der Waals surface area contributed by atoms with Gasteiger partial charge in [0.25, 0.3) is 0 Å². The second-order valence-corrected chi connectivity index (χ2v) is 6.07. The molecule has 128 valence electrons. The molecule has 25 heavy (non-hydrogen) atoms. The van der Waals surface area contributed by atoms with Gasteiger partial charge in [-0.3, -0.25) is 9.89 Å². The van der Waals surface area contributed by atoms with Crippen LogP contribution in [0.2, 0.25) is 0 Å². The zero-order chi connectivity index (χ0) is 17.8. The van der Waals surface area contributed by atoms with Gasteiger partial charge in [-0.2, -0.15) is 5.10 Å². The molecule has 0 aliphatic carbocycles. The van der Waals surface area contributed by atoms with Crippen molar-refractivity contribution in [1.82, 2.24) is 15.2 Å². The molecule has 2 aromatic carbocycles. The van der Waals surface area contributed by atoms with Crippen molar-refractivity contribution >= 4 is 11.6 Å². The number of nitrogens with zero attached hydrogens (tertiary/aromatic N) is 2. The number of aromatic amines is 1. The summed E-state index contributed by atoms with van der Waals surface area (Å²) in [5, 5.41) is 9.45. The number of hydrogen-bond donors (Lipinski definition) is 2. The van der Waals surface area contributed by atoms with Gasteiger partial charge in [-0.15, -0.1) is 0 Å². The molecule has 0 saturated carbocycles. The molecule has 0 saturated heterocycles. The standard InChI is InChI=1S/C19H19FN4O/c1-12-4-3-5-14(8-12)10-17-22-18(24-23-17)11-19(25)21-16-7-6-13(2)9-15(16)20/h3-9H,10-11H2,1-2H3,(H,21,25)(H,22,23,24). The maximum Gasteiger partial charge on any atom is 0.232 e. The lowest BCUT2D eigenvalue weighted by Crippen LogP contribution is -2.16. The largest absolute Gasteiger partial charge is 0.323 e. The maximum absolute atomic E-state index is 13.8. The number of anilines is 1. The minimum Gasteiger partial charge on any atom is -0.323 e. The Morgan fingerprint density at radius 3 is 2.72 bits per heavy atom. The monoisotopic (exact) mass is 338 g/mol. The quantitative estimate of drug-likeness (QED) is 0.749.